The number of hydrogen-bond donors (Lipinski definition) is 2. The van der Waals surface area contributed by atoms with Crippen LogP contribution in [0.15, 0.2) is 42.5 Å². The summed E-state index contributed by atoms with van der Waals surface area (Å²) in [6.07, 6.45) is 1.38. The number of nitrogens with one attached hydrogen (secondary N) is 2. The third-order valence-corrected chi connectivity index (χ3v) is 6.34. The number of carbonyl (C=O) groups excluding carboxylic acids is 1. The molecule has 3 aromatic rings. The monoisotopic (exact) mass is 434 g/mol. The Balaban J connectivity index is 1.33. The van der Waals surface area contributed by atoms with Crippen molar-refractivity contribution >= 4 is 11.7 Å². The normalized spacial score (nSPS) is 15.3. The molecule has 0 radical (unpaired) electrons. The van der Waals surface area contributed by atoms with Crippen LogP contribution in [0.4, 0.5) is 5.82 Å². The van der Waals surface area contributed by atoms with Gasteiger partial charge < -0.3 is 15.4 Å². The topological polar surface area (TPSA) is 94.0 Å². The number of rotatable bonds is 7. The number of benzene rings is 1. The molecule has 1 aliphatic heterocycles. The highest BCUT2D eigenvalue weighted by molar-refractivity contribution is 5.88. The van der Waals surface area contributed by atoms with Gasteiger partial charge in [-0.05, 0) is 56.9 Å². The SMILES string of the molecule is Cc1nn(-c2ccc(NCCNC(=O)C3(c4ccccc4)CCOCC3)nn2)c(C)c1C. The predicted octanol–water partition coefficient (Wildman–Crippen LogP) is 2.86. The van der Waals surface area contributed by atoms with Gasteiger partial charge in [0, 0.05) is 32.0 Å². The van der Waals surface area contributed by atoms with Crippen LogP contribution in [0.3, 0.4) is 0 Å². The Morgan fingerprint density at radius 2 is 1.78 bits per heavy atom. The van der Waals surface area contributed by atoms with E-state index in [1.807, 2.05) is 63.2 Å². The number of anilines is 1. The first-order valence-corrected chi connectivity index (χ1v) is 11.0. The van der Waals surface area contributed by atoms with E-state index in [0.717, 1.165) is 22.5 Å². The highest BCUT2D eigenvalue weighted by Crippen LogP contribution is 2.35. The molecule has 0 unspecified atom stereocenters. The second-order valence-corrected chi connectivity index (χ2v) is 8.23. The van der Waals surface area contributed by atoms with Crippen molar-refractivity contribution in [2.24, 2.45) is 0 Å². The second kappa shape index (κ2) is 9.48. The summed E-state index contributed by atoms with van der Waals surface area (Å²) in [4.78, 5) is 13.2. The third kappa shape index (κ3) is 4.36. The first-order chi connectivity index (χ1) is 15.5. The number of aryl methyl sites for hydroxylation is 1. The van der Waals surface area contributed by atoms with Crippen molar-refractivity contribution < 1.29 is 9.53 Å². The Labute approximate surface area is 188 Å². The molecule has 2 N–H and O–H groups in total. The van der Waals surface area contributed by atoms with Gasteiger partial charge in [0.15, 0.2) is 5.82 Å². The molecular weight excluding hydrogens is 404 g/mol. The minimum Gasteiger partial charge on any atom is -0.381 e. The zero-order valence-corrected chi connectivity index (χ0v) is 18.9. The molecule has 8 heteroatoms. The average Bonchev–Trinajstić information content (AvgIpc) is 3.10. The lowest BCUT2D eigenvalue weighted by Crippen LogP contribution is -2.49. The van der Waals surface area contributed by atoms with Gasteiger partial charge in [0.05, 0.1) is 11.1 Å². The maximum absolute atomic E-state index is 13.2. The molecular formula is C24H30N6O2. The maximum atomic E-state index is 13.2. The van der Waals surface area contributed by atoms with Crippen molar-refractivity contribution in [3.8, 4) is 5.82 Å². The van der Waals surface area contributed by atoms with Crippen LogP contribution in [0, 0.1) is 20.8 Å². The lowest BCUT2D eigenvalue weighted by atomic mass is 9.73. The Kier molecular flexibility index (Phi) is 6.50. The zero-order chi connectivity index (χ0) is 22.6. The summed E-state index contributed by atoms with van der Waals surface area (Å²) in [5, 5.41) is 19.4. The average molecular weight is 435 g/mol. The quantitative estimate of drug-likeness (QED) is 0.556. The van der Waals surface area contributed by atoms with E-state index < -0.39 is 5.41 Å². The van der Waals surface area contributed by atoms with Crippen molar-refractivity contribution in [2.45, 2.75) is 39.0 Å². The molecule has 1 aliphatic rings. The molecule has 0 aliphatic carbocycles. The lowest BCUT2D eigenvalue weighted by Gasteiger charge is -2.36. The fourth-order valence-electron chi connectivity index (χ4n) is 4.14. The lowest BCUT2D eigenvalue weighted by molar-refractivity contribution is -0.130. The summed E-state index contributed by atoms with van der Waals surface area (Å²) >= 11 is 0. The maximum Gasteiger partial charge on any atom is 0.230 e. The highest BCUT2D eigenvalue weighted by Gasteiger charge is 2.41. The molecule has 0 atom stereocenters. The fraction of sp³-hybridized carbons (Fsp3) is 0.417. The van der Waals surface area contributed by atoms with Crippen molar-refractivity contribution in [3.05, 3.63) is 65.0 Å². The molecule has 1 amide bonds. The Bertz CT molecular complexity index is 1060. The predicted molar refractivity (Wildman–Crippen MR) is 123 cm³/mol. The minimum atomic E-state index is -0.529. The van der Waals surface area contributed by atoms with Crippen LogP contribution in [0.25, 0.3) is 5.82 Å². The largest absolute Gasteiger partial charge is 0.381 e. The molecule has 168 valence electrons. The molecule has 3 heterocycles. The summed E-state index contributed by atoms with van der Waals surface area (Å²) in [5.74, 6) is 1.39. The summed E-state index contributed by atoms with van der Waals surface area (Å²) < 4.78 is 7.33. The first kappa shape index (κ1) is 22.0. The van der Waals surface area contributed by atoms with E-state index in [1.165, 1.54) is 0 Å². The molecule has 1 aromatic carbocycles. The van der Waals surface area contributed by atoms with Gasteiger partial charge in [-0.1, -0.05) is 30.3 Å². The molecule has 1 saturated heterocycles. The van der Waals surface area contributed by atoms with Crippen LogP contribution in [0.5, 0.6) is 0 Å². The van der Waals surface area contributed by atoms with Crippen LogP contribution >= 0.6 is 0 Å². The smallest absolute Gasteiger partial charge is 0.230 e. The number of aromatic nitrogens is 4. The molecule has 32 heavy (non-hydrogen) atoms. The Hall–Kier alpha value is -3.26. The van der Waals surface area contributed by atoms with Gasteiger partial charge in [-0.3, -0.25) is 4.79 Å². The number of nitrogens with zero attached hydrogens (tertiary/aromatic N) is 4. The molecule has 1 fully saturated rings. The molecule has 0 saturated carbocycles. The standard InChI is InChI=1S/C24H30N6O2/c1-17-18(2)29-30(19(17)3)22-10-9-21(27-28-22)25-13-14-26-23(31)24(11-15-32-16-12-24)20-7-5-4-6-8-20/h4-10H,11-16H2,1-3H3,(H,25,27)(H,26,31). The van der Waals surface area contributed by atoms with Gasteiger partial charge >= 0.3 is 0 Å². The van der Waals surface area contributed by atoms with E-state index in [-0.39, 0.29) is 5.91 Å². The summed E-state index contributed by atoms with van der Waals surface area (Å²) in [6.45, 7) is 8.29. The van der Waals surface area contributed by atoms with E-state index in [1.54, 1.807) is 4.68 Å². The van der Waals surface area contributed by atoms with E-state index in [2.05, 4.69) is 25.9 Å². The first-order valence-electron chi connectivity index (χ1n) is 11.0. The number of ether oxygens (including phenoxy) is 1. The minimum absolute atomic E-state index is 0.0510. The Morgan fingerprint density at radius 1 is 1.03 bits per heavy atom. The summed E-state index contributed by atoms with van der Waals surface area (Å²) in [6, 6.07) is 13.8. The second-order valence-electron chi connectivity index (χ2n) is 8.23. The van der Waals surface area contributed by atoms with E-state index in [4.69, 9.17) is 4.74 Å². The Morgan fingerprint density at radius 3 is 2.41 bits per heavy atom. The van der Waals surface area contributed by atoms with Crippen molar-refractivity contribution in [3.63, 3.8) is 0 Å². The van der Waals surface area contributed by atoms with Gasteiger partial charge in [0.25, 0.3) is 0 Å². The van der Waals surface area contributed by atoms with Gasteiger partial charge in [-0.25, -0.2) is 4.68 Å². The summed E-state index contributed by atoms with van der Waals surface area (Å²) in [7, 11) is 0. The number of amides is 1. The number of carbonyl (C=O) groups is 1. The fourth-order valence-corrected chi connectivity index (χ4v) is 4.14. The van der Waals surface area contributed by atoms with E-state index in [9.17, 15) is 4.79 Å². The molecule has 0 bridgehead atoms. The van der Waals surface area contributed by atoms with Crippen LogP contribution in [0.1, 0.15) is 35.4 Å². The molecule has 8 nitrogen and oxygen atoms in total. The highest BCUT2D eigenvalue weighted by atomic mass is 16.5. The van der Waals surface area contributed by atoms with Gasteiger partial charge in [-0.15, -0.1) is 10.2 Å². The van der Waals surface area contributed by atoms with Crippen molar-refractivity contribution in [2.75, 3.05) is 31.6 Å². The molecule has 4 rings (SSSR count). The number of hydrogen-bond acceptors (Lipinski definition) is 6. The summed E-state index contributed by atoms with van der Waals surface area (Å²) in [5.41, 5.74) is 3.72. The van der Waals surface area contributed by atoms with Crippen LogP contribution in [0.2, 0.25) is 0 Å². The molecule has 2 aromatic heterocycles. The van der Waals surface area contributed by atoms with Gasteiger partial charge in [0.2, 0.25) is 5.91 Å². The van der Waals surface area contributed by atoms with E-state index >= 15 is 0 Å². The van der Waals surface area contributed by atoms with Gasteiger partial charge in [-0.2, -0.15) is 5.10 Å². The van der Waals surface area contributed by atoms with Crippen molar-refractivity contribution in [1.29, 1.82) is 0 Å². The van der Waals surface area contributed by atoms with Gasteiger partial charge in [0.1, 0.15) is 5.82 Å². The van der Waals surface area contributed by atoms with Crippen LogP contribution in [-0.2, 0) is 14.9 Å². The van der Waals surface area contributed by atoms with Crippen LogP contribution < -0.4 is 10.6 Å². The van der Waals surface area contributed by atoms with Crippen molar-refractivity contribution in [1.82, 2.24) is 25.3 Å². The van der Waals surface area contributed by atoms with E-state index in [0.29, 0.717) is 50.8 Å². The molecule has 0 spiro atoms. The zero-order valence-electron chi connectivity index (χ0n) is 18.9. The third-order valence-electron chi connectivity index (χ3n) is 6.34. The van der Waals surface area contributed by atoms with Crippen LogP contribution in [-0.4, -0.2) is 52.2 Å².